The van der Waals surface area contributed by atoms with Gasteiger partial charge in [0.15, 0.2) is 0 Å². The lowest BCUT2D eigenvalue weighted by molar-refractivity contribution is 0.165. The van der Waals surface area contributed by atoms with Crippen molar-refractivity contribution >= 4 is 16.6 Å². The molecule has 0 bridgehead atoms. The minimum Gasteiger partial charge on any atom is -0.399 e. The van der Waals surface area contributed by atoms with Crippen LogP contribution in [-0.4, -0.2) is 27.8 Å². The third kappa shape index (κ3) is 3.24. The van der Waals surface area contributed by atoms with E-state index in [1.165, 1.54) is 17.5 Å². The summed E-state index contributed by atoms with van der Waals surface area (Å²) in [6.07, 6.45) is 9.70. The number of nitrogens with two attached hydrogens (primary N) is 1. The Morgan fingerprint density at radius 2 is 2.04 bits per heavy atom. The van der Waals surface area contributed by atoms with Gasteiger partial charge in [-0.25, -0.2) is 0 Å². The largest absolute Gasteiger partial charge is 0.399 e. The molecule has 0 amide bonds. The highest BCUT2D eigenvalue weighted by molar-refractivity contribution is 5.82. The topological polar surface area (TPSA) is 47.1 Å². The van der Waals surface area contributed by atoms with Gasteiger partial charge in [-0.3, -0.25) is 9.58 Å². The van der Waals surface area contributed by atoms with Crippen LogP contribution in [-0.2, 0) is 6.54 Å². The number of hydrogen-bond acceptors (Lipinski definition) is 3. The first-order chi connectivity index (χ1) is 12.2. The highest BCUT2D eigenvalue weighted by Crippen LogP contribution is 2.27. The summed E-state index contributed by atoms with van der Waals surface area (Å²) >= 11 is 0. The zero-order valence-electron chi connectivity index (χ0n) is 14.2. The summed E-state index contributed by atoms with van der Waals surface area (Å²) in [5, 5.41) is 5.75. The van der Waals surface area contributed by atoms with Crippen molar-refractivity contribution in [1.29, 1.82) is 0 Å². The Morgan fingerprint density at radius 3 is 2.84 bits per heavy atom. The van der Waals surface area contributed by atoms with Gasteiger partial charge in [-0.05, 0) is 55.3 Å². The molecule has 2 N–H and O–H groups in total. The minimum absolute atomic E-state index is 0.403. The van der Waals surface area contributed by atoms with Gasteiger partial charge in [-0.1, -0.05) is 18.1 Å². The number of fused-ring (bicyclic) bond motifs is 1. The normalized spacial score (nSPS) is 18.3. The Morgan fingerprint density at radius 1 is 1.20 bits per heavy atom. The van der Waals surface area contributed by atoms with Gasteiger partial charge in [0, 0.05) is 29.7 Å². The molecular weight excluding hydrogens is 308 g/mol. The van der Waals surface area contributed by atoms with E-state index in [0.717, 1.165) is 42.7 Å². The summed E-state index contributed by atoms with van der Waals surface area (Å²) in [4.78, 5) is 2.50. The minimum atomic E-state index is 0.403. The number of benzene rings is 2. The highest BCUT2D eigenvalue weighted by atomic mass is 15.3. The van der Waals surface area contributed by atoms with Gasteiger partial charge in [0.2, 0.25) is 0 Å². The number of nitrogen functional groups attached to an aromatic ring is 1. The van der Waals surface area contributed by atoms with Crippen LogP contribution in [0, 0.1) is 12.3 Å². The zero-order valence-corrected chi connectivity index (χ0v) is 14.2. The van der Waals surface area contributed by atoms with E-state index in [9.17, 15) is 0 Å². The summed E-state index contributed by atoms with van der Waals surface area (Å²) in [5.41, 5.74) is 10.1. The molecule has 4 rings (SSSR count). The molecule has 0 saturated carbocycles. The molecule has 1 aromatic heterocycles. The van der Waals surface area contributed by atoms with Crippen molar-refractivity contribution in [3.8, 4) is 12.3 Å². The molecule has 0 aliphatic carbocycles. The van der Waals surface area contributed by atoms with Crippen LogP contribution >= 0.6 is 0 Å². The van der Waals surface area contributed by atoms with Gasteiger partial charge in [0.1, 0.15) is 0 Å². The maximum absolute atomic E-state index is 5.88. The van der Waals surface area contributed by atoms with Crippen LogP contribution in [0.3, 0.4) is 0 Å². The Kier molecular flexibility index (Phi) is 4.17. The third-order valence-corrected chi connectivity index (χ3v) is 4.97. The van der Waals surface area contributed by atoms with Crippen molar-refractivity contribution in [3.05, 3.63) is 59.8 Å². The van der Waals surface area contributed by atoms with Crippen molar-refractivity contribution in [2.24, 2.45) is 0 Å². The molecule has 0 unspecified atom stereocenters. The molecule has 25 heavy (non-hydrogen) atoms. The van der Waals surface area contributed by atoms with Crippen LogP contribution < -0.4 is 5.73 Å². The van der Waals surface area contributed by atoms with Crippen LogP contribution in [0.25, 0.3) is 10.9 Å². The number of hydrogen-bond donors (Lipinski definition) is 1. The fraction of sp³-hybridized carbons (Fsp3) is 0.286. The number of anilines is 1. The van der Waals surface area contributed by atoms with Crippen LogP contribution in [0.15, 0.2) is 48.7 Å². The van der Waals surface area contributed by atoms with E-state index in [0.29, 0.717) is 6.04 Å². The molecule has 4 nitrogen and oxygen atoms in total. The Balaban J connectivity index is 1.51. The lowest BCUT2D eigenvalue weighted by atomic mass is 10.0. The van der Waals surface area contributed by atoms with Crippen molar-refractivity contribution < 1.29 is 0 Å². The summed E-state index contributed by atoms with van der Waals surface area (Å²) in [7, 11) is 0. The molecule has 2 aromatic carbocycles. The van der Waals surface area contributed by atoms with Crippen molar-refractivity contribution in [1.82, 2.24) is 14.7 Å². The van der Waals surface area contributed by atoms with E-state index in [4.69, 9.17) is 12.2 Å². The molecule has 1 aliphatic rings. The molecule has 0 spiro atoms. The van der Waals surface area contributed by atoms with Gasteiger partial charge >= 0.3 is 0 Å². The third-order valence-electron chi connectivity index (χ3n) is 4.97. The van der Waals surface area contributed by atoms with Gasteiger partial charge < -0.3 is 5.73 Å². The van der Waals surface area contributed by atoms with Gasteiger partial charge in [0.05, 0.1) is 17.8 Å². The number of nitrogens with zero attached hydrogens (tertiary/aromatic N) is 3. The van der Waals surface area contributed by atoms with Crippen LogP contribution in [0.4, 0.5) is 5.69 Å². The van der Waals surface area contributed by atoms with Crippen LogP contribution in [0.1, 0.15) is 30.0 Å². The lowest BCUT2D eigenvalue weighted by Gasteiger charge is -2.33. The SMILES string of the molecule is C#Cc1ccc(CN2CCC[C@@H](n3ncc4cc(N)ccc43)C2)cc1. The first kappa shape index (κ1) is 15.7. The van der Waals surface area contributed by atoms with E-state index in [1.54, 1.807) is 0 Å². The Bertz CT molecular complexity index is 917. The van der Waals surface area contributed by atoms with E-state index >= 15 is 0 Å². The summed E-state index contributed by atoms with van der Waals surface area (Å²) in [5.74, 6) is 2.67. The summed E-state index contributed by atoms with van der Waals surface area (Å²) < 4.78 is 2.17. The maximum atomic E-state index is 5.88. The average Bonchev–Trinajstić information content (AvgIpc) is 3.05. The van der Waals surface area contributed by atoms with Crippen molar-refractivity contribution in [2.45, 2.75) is 25.4 Å². The number of piperidine rings is 1. The van der Waals surface area contributed by atoms with E-state index in [1.807, 2.05) is 30.5 Å². The second-order valence-electron chi connectivity index (χ2n) is 6.78. The molecule has 1 saturated heterocycles. The smallest absolute Gasteiger partial charge is 0.0687 e. The second kappa shape index (κ2) is 6.62. The quantitative estimate of drug-likeness (QED) is 0.591. The van der Waals surface area contributed by atoms with Gasteiger partial charge in [0.25, 0.3) is 0 Å². The number of rotatable bonds is 3. The average molecular weight is 330 g/mol. The van der Waals surface area contributed by atoms with Crippen molar-refractivity contribution in [3.63, 3.8) is 0 Å². The van der Waals surface area contributed by atoms with E-state index in [-0.39, 0.29) is 0 Å². The van der Waals surface area contributed by atoms with Crippen LogP contribution in [0.5, 0.6) is 0 Å². The molecule has 126 valence electrons. The monoisotopic (exact) mass is 330 g/mol. The Hall–Kier alpha value is -2.77. The highest BCUT2D eigenvalue weighted by Gasteiger charge is 2.23. The number of terminal acetylenes is 1. The molecule has 2 heterocycles. The fourth-order valence-electron chi connectivity index (χ4n) is 3.70. The molecule has 1 aliphatic heterocycles. The summed E-state index contributed by atoms with van der Waals surface area (Å²) in [6, 6.07) is 14.7. The molecule has 4 heteroatoms. The number of aromatic nitrogens is 2. The van der Waals surface area contributed by atoms with Gasteiger partial charge in [-0.2, -0.15) is 5.10 Å². The predicted molar refractivity (Wildman–Crippen MR) is 102 cm³/mol. The number of likely N-dealkylation sites (tertiary alicyclic amines) is 1. The molecule has 0 radical (unpaired) electrons. The maximum Gasteiger partial charge on any atom is 0.0687 e. The van der Waals surface area contributed by atoms with Crippen molar-refractivity contribution in [2.75, 3.05) is 18.8 Å². The molecule has 1 fully saturated rings. The standard InChI is InChI=1S/C21H22N4/c1-2-16-5-7-17(8-6-16)14-24-11-3-4-20(15-24)25-21-10-9-19(22)12-18(21)13-23-25/h1,5-10,12-13,20H,3-4,11,14-15,22H2/t20-/m1/s1. The molecule has 1 atom stereocenters. The lowest BCUT2D eigenvalue weighted by Crippen LogP contribution is -2.36. The Labute approximate surface area is 148 Å². The first-order valence-electron chi connectivity index (χ1n) is 8.73. The zero-order chi connectivity index (χ0) is 17.2. The fourth-order valence-corrected chi connectivity index (χ4v) is 3.70. The summed E-state index contributed by atoms with van der Waals surface area (Å²) in [6.45, 7) is 3.09. The van der Waals surface area contributed by atoms with Gasteiger partial charge in [-0.15, -0.1) is 6.42 Å². The van der Waals surface area contributed by atoms with E-state index in [2.05, 4.69) is 38.8 Å². The van der Waals surface area contributed by atoms with Crippen LogP contribution in [0.2, 0.25) is 0 Å². The predicted octanol–water partition coefficient (Wildman–Crippen LogP) is 3.44. The van der Waals surface area contributed by atoms with E-state index < -0.39 is 0 Å². The second-order valence-corrected chi connectivity index (χ2v) is 6.78. The molecular formula is C21H22N4. The first-order valence-corrected chi connectivity index (χ1v) is 8.73. The molecule has 3 aromatic rings.